The molecule has 0 bridgehead atoms. The van der Waals surface area contributed by atoms with Crippen LogP contribution in [0.1, 0.15) is 23.7 Å². The number of amides is 1. The van der Waals surface area contributed by atoms with Gasteiger partial charge in [-0.1, -0.05) is 6.92 Å². The number of nitrogens with one attached hydrogen (secondary N) is 1. The van der Waals surface area contributed by atoms with E-state index in [9.17, 15) is 4.79 Å². The maximum absolute atomic E-state index is 11.4. The second kappa shape index (κ2) is 4.97. The number of aromatic nitrogens is 1. The van der Waals surface area contributed by atoms with Gasteiger partial charge < -0.3 is 5.32 Å². The van der Waals surface area contributed by atoms with Crippen LogP contribution in [0.5, 0.6) is 0 Å². The Morgan fingerprint density at radius 2 is 2.46 bits per heavy atom. The van der Waals surface area contributed by atoms with E-state index in [0.29, 0.717) is 16.7 Å². The lowest BCUT2D eigenvalue weighted by Crippen LogP contribution is -2.23. The Labute approximate surface area is 85.7 Å². The maximum Gasteiger partial charge on any atom is 0.251 e. The number of hydrogen-bond donors (Lipinski definition) is 1. The van der Waals surface area contributed by atoms with E-state index in [0.717, 1.165) is 6.42 Å². The molecule has 0 saturated heterocycles. The standard InChI is InChI=1S/C9H11BrN2O/c1-2-4-12-9(13)7-3-5-11-8(10)6-7/h3,5-6H,2,4H2,1H3,(H,12,13). The molecule has 1 N–H and O–H groups in total. The highest BCUT2D eigenvalue weighted by Gasteiger charge is 2.03. The first-order chi connectivity index (χ1) is 6.24. The van der Waals surface area contributed by atoms with Crippen LogP contribution in [0, 0.1) is 0 Å². The maximum atomic E-state index is 11.4. The minimum absolute atomic E-state index is 0.0510. The van der Waals surface area contributed by atoms with Crippen molar-refractivity contribution in [2.75, 3.05) is 6.54 Å². The zero-order valence-electron chi connectivity index (χ0n) is 7.38. The molecule has 70 valence electrons. The molecule has 0 aromatic carbocycles. The summed E-state index contributed by atoms with van der Waals surface area (Å²) >= 11 is 3.21. The fourth-order valence-corrected chi connectivity index (χ4v) is 1.25. The second-order valence-corrected chi connectivity index (χ2v) is 3.44. The monoisotopic (exact) mass is 242 g/mol. The van der Waals surface area contributed by atoms with Crippen molar-refractivity contribution < 1.29 is 4.79 Å². The number of nitrogens with zero attached hydrogens (tertiary/aromatic N) is 1. The third-order valence-electron chi connectivity index (χ3n) is 1.52. The molecule has 13 heavy (non-hydrogen) atoms. The molecule has 4 heteroatoms. The Morgan fingerprint density at radius 1 is 1.69 bits per heavy atom. The highest BCUT2D eigenvalue weighted by Crippen LogP contribution is 2.07. The number of carbonyl (C=O) groups is 1. The molecule has 1 aromatic heterocycles. The first kappa shape index (κ1) is 10.2. The summed E-state index contributed by atoms with van der Waals surface area (Å²) < 4.78 is 0.677. The minimum Gasteiger partial charge on any atom is -0.352 e. The Morgan fingerprint density at radius 3 is 3.08 bits per heavy atom. The van der Waals surface area contributed by atoms with Crippen molar-refractivity contribution in [1.29, 1.82) is 0 Å². The summed E-state index contributed by atoms with van der Waals surface area (Å²) in [4.78, 5) is 15.3. The average Bonchev–Trinajstić information content (AvgIpc) is 2.14. The van der Waals surface area contributed by atoms with Crippen LogP contribution in [0.2, 0.25) is 0 Å². The van der Waals surface area contributed by atoms with Gasteiger partial charge in [-0.2, -0.15) is 0 Å². The normalized spacial score (nSPS) is 9.69. The van der Waals surface area contributed by atoms with Crippen molar-refractivity contribution >= 4 is 21.8 Å². The molecule has 0 unspecified atom stereocenters. The molecule has 3 nitrogen and oxygen atoms in total. The summed E-state index contributed by atoms with van der Waals surface area (Å²) in [6, 6.07) is 3.39. The van der Waals surface area contributed by atoms with E-state index in [-0.39, 0.29) is 5.91 Å². The molecular formula is C9H11BrN2O. The van der Waals surface area contributed by atoms with Crippen molar-refractivity contribution in [3.8, 4) is 0 Å². The zero-order valence-corrected chi connectivity index (χ0v) is 8.97. The molecule has 0 fully saturated rings. The Balaban J connectivity index is 2.66. The summed E-state index contributed by atoms with van der Waals surface area (Å²) in [5.74, 6) is -0.0510. The Bertz CT molecular complexity index is 301. The van der Waals surface area contributed by atoms with Gasteiger partial charge in [0.1, 0.15) is 4.60 Å². The molecule has 1 rings (SSSR count). The van der Waals surface area contributed by atoms with E-state index < -0.39 is 0 Å². The van der Waals surface area contributed by atoms with Gasteiger partial charge in [0, 0.05) is 18.3 Å². The molecule has 0 saturated carbocycles. The van der Waals surface area contributed by atoms with Crippen LogP contribution in [0.4, 0.5) is 0 Å². The van der Waals surface area contributed by atoms with Gasteiger partial charge in [0.2, 0.25) is 0 Å². The van der Waals surface area contributed by atoms with E-state index in [4.69, 9.17) is 0 Å². The van der Waals surface area contributed by atoms with E-state index >= 15 is 0 Å². The van der Waals surface area contributed by atoms with Gasteiger partial charge in [-0.15, -0.1) is 0 Å². The predicted octanol–water partition coefficient (Wildman–Crippen LogP) is 1.98. The van der Waals surface area contributed by atoms with Crippen molar-refractivity contribution in [2.24, 2.45) is 0 Å². The second-order valence-electron chi connectivity index (χ2n) is 2.62. The summed E-state index contributed by atoms with van der Waals surface area (Å²) in [6.07, 6.45) is 2.54. The lowest BCUT2D eigenvalue weighted by atomic mass is 10.2. The zero-order chi connectivity index (χ0) is 9.68. The number of halogens is 1. The molecule has 0 aliphatic carbocycles. The molecule has 0 aliphatic heterocycles. The quantitative estimate of drug-likeness (QED) is 0.825. The summed E-state index contributed by atoms with van der Waals surface area (Å²) in [6.45, 7) is 2.72. The third-order valence-corrected chi connectivity index (χ3v) is 1.96. The lowest BCUT2D eigenvalue weighted by molar-refractivity contribution is 0.0953. The van der Waals surface area contributed by atoms with Crippen LogP contribution in [0.25, 0.3) is 0 Å². The van der Waals surface area contributed by atoms with Gasteiger partial charge in [-0.3, -0.25) is 4.79 Å². The van der Waals surface area contributed by atoms with Gasteiger partial charge in [0.15, 0.2) is 0 Å². The van der Waals surface area contributed by atoms with Gasteiger partial charge >= 0.3 is 0 Å². The van der Waals surface area contributed by atoms with Gasteiger partial charge in [-0.05, 0) is 34.5 Å². The molecule has 0 atom stereocenters. The van der Waals surface area contributed by atoms with E-state index in [1.165, 1.54) is 0 Å². The van der Waals surface area contributed by atoms with Crippen LogP contribution in [0.15, 0.2) is 22.9 Å². The van der Waals surface area contributed by atoms with Crippen LogP contribution in [-0.2, 0) is 0 Å². The molecule has 1 heterocycles. The van der Waals surface area contributed by atoms with Crippen molar-refractivity contribution in [2.45, 2.75) is 13.3 Å². The van der Waals surface area contributed by atoms with Crippen LogP contribution in [0.3, 0.4) is 0 Å². The molecular weight excluding hydrogens is 232 g/mol. The van der Waals surface area contributed by atoms with Crippen LogP contribution in [-0.4, -0.2) is 17.4 Å². The fraction of sp³-hybridized carbons (Fsp3) is 0.333. The van der Waals surface area contributed by atoms with E-state index in [2.05, 4.69) is 26.2 Å². The molecule has 1 aromatic rings. The lowest BCUT2D eigenvalue weighted by Gasteiger charge is -2.02. The topological polar surface area (TPSA) is 42.0 Å². The van der Waals surface area contributed by atoms with Crippen molar-refractivity contribution in [1.82, 2.24) is 10.3 Å². The van der Waals surface area contributed by atoms with Gasteiger partial charge in [0.25, 0.3) is 5.91 Å². The number of hydrogen-bond acceptors (Lipinski definition) is 2. The summed E-state index contributed by atoms with van der Waals surface area (Å²) in [7, 11) is 0. The number of pyridine rings is 1. The van der Waals surface area contributed by atoms with Crippen molar-refractivity contribution in [3.63, 3.8) is 0 Å². The van der Waals surface area contributed by atoms with E-state index in [1.807, 2.05) is 6.92 Å². The van der Waals surface area contributed by atoms with Gasteiger partial charge in [-0.25, -0.2) is 4.98 Å². The highest BCUT2D eigenvalue weighted by atomic mass is 79.9. The Hall–Kier alpha value is -0.900. The SMILES string of the molecule is CCCNC(=O)c1ccnc(Br)c1. The van der Waals surface area contributed by atoms with E-state index in [1.54, 1.807) is 18.3 Å². The Kier molecular flexibility index (Phi) is 3.89. The van der Waals surface area contributed by atoms with Crippen LogP contribution < -0.4 is 5.32 Å². The summed E-state index contributed by atoms with van der Waals surface area (Å²) in [5.41, 5.74) is 0.635. The van der Waals surface area contributed by atoms with Gasteiger partial charge in [0.05, 0.1) is 0 Å². The smallest absolute Gasteiger partial charge is 0.251 e. The molecule has 0 radical (unpaired) electrons. The highest BCUT2D eigenvalue weighted by molar-refractivity contribution is 9.10. The largest absolute Gasteiger partial charge is 0.352 e. The third kappa shape index (κ3) is 3.14. The molecule has 0 aliphatic rings. The average molecular weight is 243 g/mol. The molecule has 1 amide bonds. The van der Waals surface area contributed by atoms with Crippen molar-refractivity contribution in [3.05, 3.63) is 28.5 Å². The number of carbonyl (C=O) groups excluding carboxylic acids is 1. The van der Waals surface area contributed by atoms with Crippen LogP contribution >= 0.6 is 15.9 Å². The minimum atomic E-state index is -0.0510. The first-order valence-corrected chi connectivity index (χ1v) is 4.93. The predicted molar refractivity (Wildman–Crippen MR) is 54.6 cm³/mol. The summed E-state index contributed by atoms with van der Waals surface area (Å²) in [5, 5.41) is 2.79. The number of rotatable bonds is 3. The fourth-order valence-electron chi connectivity index (χ4n) is 0.884. The first-order valence-electron chi connectivity index (χ1n) is 4.13. The molecule has 0 spiro atoms.